The molecule has 1 saturated heterocycles. The van der Waals surface area contributed by atoms with Crippen LogP contribution in [0.2, 0.25) is 0 Å². The molecule has 0 saturated carbocycles. The lowest BCUT2D eigenvalue weighted by Gasteiger charge is -2.16. The van der Waals surface area contributed by atoms with Gasteiger partial charge in [0, 0.05) is 0 Å². The Labute approximate surface area is 150 Å². The van der Waals surface area contributed by atoms with Crippen molar-refractivity contribution in [3.8, 4) is 0 Å². The Morgan fingerprint density at radius 1 is 1.37 bits per heavy atom. The van der Waals surface area contributed by atoms with Crippen LogP contribution in [0.25, 0.3) is 11.2 Å². The second kappa shape index (κ2) is 6.59. The van der Waals surface area contributed by atoms with Crippen molar-refractivity contribution in [1.82, 2.24) is 19.5 Å². The zero-order chi connectivity index (χ0) is 19.1. The van der Waals surface area contributed by atoms with E-state index in [2.05, 4.69) is 20.3 Å². The number of H-pyrrole nitrogens is 1. The van der Waals surface area contributed by atoms with Crippen LogP contribution in [0, 0.1) is 0 Å². The van der Waals surface area contributed by atoms with Gasteiger partial charge in [0.05, 0.1) is 19.2 Å². The molecule has 0 radical (unpaired) electrons. The molecule has 4 heterocycles. The number of ether oxygens (including phenoxy) is 1. The predicted octanol–water partition coefficient (Wildman–Crippen LogP) is -1.42. The number of hydrogen-bond donors (Lipinski definition) is 5. The molecule has 1 fully saturated rings. The van der Waals surface area contributed by atoms with Crippen LogP contribution in [0.3, 0.4) is 0 Å². The lowest BCUT2D eigenvalue weighted by Crippen LogP contribution is -2.33. The molecule has 5 N–H and O–H groups in total. The summed E-state index contributed by atoms with van der Waals surface area (Å²) in [6, 6.07) is 2.97. The first-order valence-electron chi connectivity index (χ1n) is 7.93. The number of imidazole rings is 1. The second-order valence-electron chi connectivity index (χ2n) is 5.90. The quantitative estimate of drug-likeness (QED) is 0.365. The van der Waals surface area contributed by atoms with Gasteiger partial charge in [0.25, 0.3) is 11.5 Å². The standard InChI is InChI=1S/C15H15N5O7/c21-4-7-9(22)10(23)14(27-7)20-5-16-8-11(20)17-15(19-13(8)25)18-12(24)6-2-1-3-26-6/h1-3,5,7,9-10,14,21-23H,4H2,(H2,17,18,19,24,25). The fourth-order valence-corrected chi connectivity index (χ4v) is 2.86. The molecule has 142 valence electrons. The monoisotopic (exact) mass is 377 g/mol. The first kappa shape index (κ1) is 17.4. The molecule has 4 unspecified atom stereocenters. The van der Waals surface area contributed by atoms with E-state index in [1.165, 1.54) is 29.3 Å². The lowest BCUT2D eigenvalue weighted by molar-refractivity contribution is -0.0511. The smallest absolute Gasteiger partial charge is 0.293 e. The highest BCUT2D eigenvalue weighted by Crippen LogP contribution is 2.30. The van der Waals surface area contributed by atoms with Crippen molar-refractivity contribution in [3.05, 3.63) is 40.8 Å². The van der Waals surface area contributed by atoms with Gasteiger partial charge in [-0.2, -0.15) is 4.98 Å². The molecule has 3 aromatic heterocycles. The summed E-state index contributed by atoms with van der Waals surface area (Å²) in [5, 5.41) is 31.7. The molecule has 12 nitrogen and oxygen atoms in total. The Bertz CT molecular complexity index is 1030. The van der Waals surface area contributed by atoms with Gasteiger partial charge in [-0.15, -0.1) is 0 Å². The third-order valence-corrected chi connectivity index (χ3v) is 4.20. The molecule has 27 heavy (non-hydrogen) atoms. The van der Waals surface area contributed by atoms with Crippen LogP contribution in [-0.4, -0.2) is 65.7 Å². The minimum atomic E-state index is -1.37. The van der Waals surface area contributed by atoms with Crippen LogP contribution >= 0.6 is 0 Å². The number of aliphatic hydroxyl groups excluding tert-OH is 3. The van der Waals surface area contributed by atoms with Crippen molar-refractivity contribution < 1.29 is 29.3 Å². The highest BCUT2D eigenvalue weighted by atomic mass is 16.6. The lowest BCUT2D eigenvalue weighted by atomic mass is 10.1. The first-order chi connectivity index (χ1) is 13.0. The summed E-state index contributed by atoms with van der Waals surface area (Å²) >= 11 is 0. The number of furan rings is 1. The SMILES string of the molecule is O=C(Nc1nc2c(ncn2C2OC(CO)C(O)C2O)c(=O)[nH]1)c1ccco1. The number of nitrogens with zero attached hydrogens (tertiary/aromatic N) is 3. The van der Waals surface area contributed by atoms with Crippen molar-refractivity contribution in [1.29, 1.82) is 0 Å². The molecule has 0 spiro atoms. The topological polar surface area (TPSA) is 176 Å². The van der Waals surface area contributed by atoms with Gasteiger partial charge in [0.15, 0.2) is 23.2 Å². The summed E-state index contributed by atoms with van der Waals surface area (Å²) in [6.45, 7) is -0.500. The van der Waals surface area contributed by atoms with E-state index < -0.39 is 42.6 Å². The number of amides is 1. The van der Waals surface area contributed by atoms with Crippen molar-refractivity contribution in [2.45, 2.75) is 24.5 Å². The Hall–Kier alpha value is -3.06. The van der Waals surface area contributed by atoms with Gasteiger partial charge in [0.2, 0.25) is 5.95 Å². The number of rotatable bonds is 4. The van der Waals surface area contributed by atoms with Crippen LogP contribution in [0.15, 0.2) is 33.9 Å². The average Bonchev–Trinajstić information content (AvgIpc) is 3.36. The fraction of sp³-hybridized carbons (Fsp3) is 0.333. The van der Waals surface area contributed by atoms with E-state index in [9.17, 15) is 24.9 Å². The van der Waals surface area contributed by atoms with E-state index in [0.717, 1.165) is 0 Å². The normalized spacial score (nSPS) is 25.1. The maximum atomic E-state index is 12.2. The number of fused-ring (bicyclic) bond motifs is 1. The molecular weight excluding hydrogens is 362 g/mol. The van der Waals surface area contributed by atoms with E-state index in [0.29, 0.717) is 0 Å². The van der Waals surface area contributed by atoms with Gasteiger partial charge in [0.1, 0.15) is 18.3 Å². The molecule has 0 bridgehead atoms. The third-order valence-electron chi connectivity index (χ3n) is 4.20. The van der Waals surface area contributed by atoms with Gasteiger partial charge in [-0.3, -0.25) is 24.5 Å². The zero-order valence-corrected chi connectivity index (χ0v) is 13.6. The van der Waals surface area contributed by atoms with Gasteiger partial charge in [-0.1, -0.05) is 0 Å². The Morgan fingerprint density at radius 3 is 2.85 bits per heavy atom. The fourth-order valence-electron chi connectivity index (χ4n) is 2.86. The Kier molecular flexibility index (Phi) is 4.24. The molecule has 1 aliphatic rings. The van der Waals surface area contributed by atoms with E-state index >= 15 is 0 Å². The number of hydrogen-bond acceptors (Lipinski definition) is 9. The van der Waals surface area contributed by atoms with Crippen molar-refractivity contribution >= 4 is 23.0 Å². The van der Waals surface area contributed by atoms with Crippen LogP contribution in [0.1, 0.15) is 16.8 Å². The van der Waals surface area contributed by atoms with Crippen molar-refractivity contribution in [2.24, 2.45) is 0 Å². The zero-order valence-electron chi connectivity index (χ0n) is 13.6. The van der Waals surface area contributed by atoms with Crippen molar-refractivity contribution in [3.63, 3.8) is 0 Å². The molecular formula is C15H15N5O7. The number of aromatic amines is 1. The molecule has 3 aromatic rings. The van der Waals surface area contributed by atoms with E-state index in [4.69, 9.17) is 9.15 Å². The highest BCUT2D eigenvalue weighted by molar-refractivity contribution is 6.01. The van der Waals surface area contributed by atoms with E-state index in [1.54, 1.807) is 0 Å². The van der Waals surface area contributed by atoms with Crippen LogP contribution in [-0.2, 0) is 4.74 Å². The van der Waals surface area contributed by atoms with Crippen LogP contribution in [0.4, 0.5) is 5.95 Å². The third kappa shape index (κ3) is 2.90. The van der Waals surface area contributed by atoms with Gasteiger partial charge in [-0.05, 0) is 12.1 Å². The maximum absolute atomic E-state index is 12.2. The summed E-state index contributed by atoms with van der Waals surface area (Å²) < 4.78 is 11.6. The largest absolute Gasteiger partial charge is 0.459 e. The molecule has 0 aliphatic carbocycles. The maximum Gasteiger partial charge on any atom is 0.293 e. The highest BCUT2D eigenvalue weighted by Gasteiger charge is 2.44. The number of aliphatic hydroxyl groups is 3. The first-order valence-corrected chi connectivity index (χ1v) is 7.93. The number of aromatic nitrogens is 4. The predicted molar refractivity (Wildman–Crippen MR) is 87.8 cm³/mol. The molecule has 0 aromatic carbocycles. The van der Waals surface area contributed by atoms with Gasteiger partial charge >= 0.3 is 0 Å². The van der Waals surface area contributed by atoms with E-state index in [-0.39, 0.29) is 22.9 Å². The summed E-state index contributed by atoms with van der Waals surface area (Å²) in [4.78, 5) is 34.7. The number of carbonyl (C=O) groups excluding carboxylic acids is 1. The van der Waals surface area contributed by atoms with Crippen LogP contribution in [0.5, 0.6) is 0 Å². The molecule has 4 rings (SSSR count). The Balaban J connectivity index is 1.70. The molecule has 4 atom stereocenters. The van der Waals surface area contributed by atoms with E-state index in [1.807, 2.05) is 0 Å². The summed E-state index contributed by atoms with van der Waals surface area (Å²) in [5.41, 5.74) is -0.660. The van der Waals surface area contributed by atoms with Gasteiger partial charge < -0.3 is 24.5 Å². The summed E-state index contributed by atoms with van der Waals surface area (Å²) in [6.07, 6.45) is -2.27. The summed E-state index contributed by atoms with van der Waals surface area (Å²) in [5.74, 6) is -0.765. The molecule has 1 amide bonds. The minimum absolute atomic E-state index is 0.0170. The van der Waals surface area contributed by atoms with Crippen LogP contribution < -0.4 is 10.9 Å². The average molecular weight is 377 g/mol. The second-order valence-corrected chi connectivity index (χ2v) is 5.90. The number of nitrogens with one attached hydrogen (secondary N) is 2. The minimum Gasteiger partial charge on any atom is -0.459 e. The Morgan fingerprint density at radius 2 is 2.19 bits per heavy atom. The summed E-state index contributed by atoms with van der Waals surface area (Å²) in [7, 11) is 0. The van der Waals surface area contributed by atoms with Crippen molar-refractivity contribution in [2.75, 3.05) is 11.9 Å². The van der Waals surface area contributed by atoms with Gasteiger partial charge in [-0.25, -0.2) is 4.98 Å². The number of carbonyl (C=O) groups is 1. The molecule has 1 aliphatic heterocycles. The number of anilines is 1. The molecule has 12 heteroatoms.